The lowest BCUT2D eigenvalue weighted by molar-refractivity contribution is 0.0740. The lowest BCUT2D eigenvalue weighted by Gasteiger charge is -2.05. The van der Waals surface area contributed by atoms with Crippen molar-refractivity contribution in [1.82, 2.24) is 0 Å². The van der Waals surface area contributed by atoms with Gasteiger partial charge in [0.2, 0.25) is 0 Å². The van der Waals surface area contributed by atoms with E-state index in [1.807, 2.05) is 6.92 Å². The predicted octanol–water partition coefficient (Wildman–Crippen LogP) is 0.422. The molecule has 0 radical (unpaired) electrons. The summed E-state index contributed by atoms with van der Waals surface area (Å²) < 4.78 is 4.84. The van der Waals surface area contributed by atoms with Crippen molar-refractivity contribution in [3.05, 3.63) is 0 Å². The minimum absolute atomic E-state index is 0. The second-order valence-electron chi connectivity index (χ2n) is 1.23. The number of rotatable bonds is 3. The van der Waals surface area contributed by atoms with Crippen LogP contribution in [0, 0.1) is 0 Å². The average Bonchev–Trinajstić information content (AvgIpc) is 1.68. The van der Waals surface area contributed by atoms with Crippen LogP contribution in [0.25, 0.3) is 0 Å². The Bertz CT molecular complexity index is 47.5. The number of halogens is 2. The zero-order valence-corrected chi connectivity index (χ0v) is 8.80. The van der Waals surface area contributed by atoms with Gasteiger partial charge in [0.25, 0.3) is 0 Å². The Morgan fingerprint density at radius 3 is 2.00 bits per heavy atom. The SMILES string of the molecule is Br.Br.CCOC(N)CN. The van der Waals surface area contributed by atoms with Crippen LogP contribution in [0.3, 0.4) is 0 Å². The van der Waals surface area contributed by atoms with Crippen LogP contribution in [0.4, 0.5) is 0 Å². The van der Waals surface area contributed by atoms with E-state index in [1.54, 1.807) is 0 Å². The Labute approximate surface area is 76.7 Å². The van der Waals surface area contributed by atoms with Gasteiger partial charge in [-0.2, -0.15) is 0 Å². The van der Waals surface area contributed by atoms with Crippen LogP contribution in [-0.2, 0) is 4.74 Å². The molecule has 9 heavy (non-hydrogen) atoms. The molecule has 60 valence electrons. The van der Waals surface area contributed by atoms with Crippen LogP contribution in [0.2, 0.25) is 0 Å². The second-order valence-corrected chi connectivity index (χ2v) is 1.23. The Morgan fingerprint density at radius 2 is 1.89 bits per heavy atom. The molecule has 0 fully saturated rings. The Hall–Kier alpha value is 0.840. The molecule has 0 saturated carbocycles. The highest BCUT2D eigenvalue weighted by Crippen LogP contribution is 1.74. The fraction of sp³-hybridized carbons (Fsp3) is 1.00. The minimum atomic E-state index is -0.273. The van der Waals surface area contributed by atoms with Crippen molar-refractivity contribution in [3.63, 3.8) is 0 Å². The molecule has 0 rings (SSSR count). The summed E-state index contributed by atoms with van der Waals surface area (Å²) in [5.74, 6) is 0. The molecule has 0 heterocycles. The molecular formula is C4H14Br2N2O. The first kappa shape index (κ1) is 16.4. The molecule has 4 N–H and O–H groups in total. The smallest absolute Gasteiger partial charge is 0.117 e. The standard InChI is InChI=1S/C4H12N2O.2BrH/c1-2-7-4(6)3-5;;/h4H,2-3,5-6H2,1H3;2*1H. The van der Waals surface area contributed by atoms with Gasteiger partial charge in [-0.3, -0.25) is 0 Å². The summed E-state index contributed by atoms with van der Waals surface area (Å²) in [5.41, 5.74) is 10.3. The largest absolute Gasteiger partial charge is 0.363 e. The van der Waals surface area contributed by atoms with E-state index < -0.39 is 0 Å². The molecule has 3 nitrogen and oxygen atoms in total. The summed E-state index contributed by atoms with van der Waals surface area (Å²) in [4.78, 5) is 0. The van der Waals surface area contributed by atoms with E-state index in [0.29, 0.717) is 13.2 Å². The van der Waals surface area contributed by atoms with Gasteiger partial charge in [0.05, 0.1) is 0 Å². The normalized spacial score (nSPS) is 11.0. The number of ether oxygens (including phenoxy) is 1. The van der Waals surface area contributed by atoms with Crippen LogP contribution in [0.15, 0.2) is 0 Å². The second kappa shape index (κ2) is 11.6. The van der Waals surface area contributed by atoms with Crippen LogP contribution in [0.5, 0.6) is 0 Å². The van der Waals surface area contributed by atoms with E-state index in [1.165, 1.54) is 0 Å². The van der Waals surface area contributed by atoms with Gasteiger partial charge in [0.15, 0.2) is 0 Å². The first-order valence-electron chi connectivity index (χ1n) is 2.38. The Kier molecular flexibility index (Phi) is 21.2. The van der Waals surface area contributed by atoms with E-state index in [0.717, 1.165) is 0 Å². The average molecular weight is 266 g/mol. The van der Waals surface area contributed by atoms with Crippen molar-refractivity contribution in [2.75, 3.05) is 13.2 Å². The van der Waals surface area contributed by atoms with Crippen molar-refractivity contribution in [1.29, 1.82) is 0 Å². The van der Waals surface area contributed by atoms with Gasteiger partial charge in [0.1, 0.15) is 6.23 Å². The molecule has 0 aromatic heterocycles. The molecule has 0 aromatic carbocycles. The summed E-state index contributed by atoms with van der Waals surface area (Å²) in [6.07, 6.45) is -0.273. The van der Waals surface area contributed by atoms with Crippen molar-refractivity contribution < 1.29 is 4.74 Å². The van der Waals surface area contributed by atoms with Gasteiger partial charge < -0.3 is 16.2 Å². The summed E-state index contributed by atoms with van der Waals surface area (Å²) >= 11 is 0. The van der Waals surface area contributed by atoms with Gasteiger partial charge >= 0.3 is 0 Å². The van der Waals surface area contributed by atoms with Crippen molar-refractivity contribution >= 4 is 34.0 Å². The monoisotopic (exact) mass is 264 g/mol. The first-order valence-corrected chi connectivity index (χ1v) is 2.38. The maximum absolute atomic E-state index is 5.24. The van der Waals surface area contributed by atoms with E-state index in [-0.39, 0.29) is 40.2 Å². The summed E-state index contributed by atoms with van der Waals surface area (Å²) in [6, 6.07) is 0. The van der Waals surface area contributed by atoms with Crippen LogP contribution < -0.4 is 11.5 Å². The molecule has 0 aliphatic carbocycles. The summed E-state index contributed by atoms with van der Waals surface area (Å²) in [5, 5.41) is 0. The van der Waals surface area contributed by atoms with E-state index >= 15 is 0 Å². The molecule has 0 spiro atoms. The maximum Gasteiger partial charge on any atom is 0.117 e. The molecule has 0 aliphatic heterocycles. The van der Waals surface area contributed by atoms with Gasteiger partial charge in [-0.15, -0.1) is 34.0 Å². The van der Waals surface area contributed by atoms with Crippen molar-refractivity contribution in [2.45, 2.75) is 13.2 Å². The van der Waals surface area contributed by atoms with Gasteiger partial charge in [0, 0.05) is 13.2 Å². The van der Waals surface area contributed by atoms with Crippen LogP contribution in [-0.4, -0.2) is 19.4 Å². The number of hydrogen-bond acceptors (Lipinski definition) is 3. The molecule has 1 atom stereocenters. The number of hydrogen-bond donors (Lipinski definition) is 2. The van der Waals surface area contributed by atoms with Gasteiger partial charge in [-0.1, -0.05) is 0 Å². The van der Waals surface area contributed by atoms with Crippen LogP contribution in [0.1, 0.15) is 6.92 Å². The lowest BCUT2D eigenvalue weighted by Crippen LogP contribution is -2.32. The Morgan fingerprint density at radius 1 is 1.44 bits per heavy atom. The molecule has 0 aliphatic rings. The van der Waals surface area contributed by atoms with Crippen molar-refractivity contribution in [2.24, 2.45) is 11.5 Å². The highest BCUT2D eigenvalue weighted by molar-refractivity contribution is 8.93. The third-order valence-electron chi connectivity index (χ3n) is 0.613. The fourth-order valence-corrected chi connectivity index (χ4v) is 0.282. The minimum Gasteiger partial charge on any atom is -0.363 e. The Balaban J connectivity index is -0.000000180. The topological polar surface area (TPSA) is 61.3 Å². The third-order valence-corrected chi connectivity index (χ3v) is 0.613. The van der Waals surface area contributed by atoms with Gasteiger partial charge in [-0.05, 0) is 6.92 Å². The van der Waals surface area contributed by atoms with Gasteiger partial charge in [-0.25, -0.2) is 0 Å². The summed E-state index contributed by atoms with van der Waals surface area (Å²) in [6.45, 7) is 2.92. The quantitative estimate of drug-likeness (QED) is 0.728. The molecule has 0 amide bonds. The van der Waals surface area contributed by atoms with E-state index in [2.05, 4.69) is 0 Å². The number of nitrogens with two attached hydrogens (primary N) is 2. The molecule has 0 aromatic rings. The highest BCUT2D eigenvalue weighted by atomic mass is 79.9. The summed E-state index contributed by atoms with van der Waals surface area (Å²) in [7, 11) is 0. The van der Waals surface area contributed by atoms with Crippen molar-refractivity contribution in [3.8, 4) is 0 Å². The highest BCUT2D eigenvalue weighted by Gasteiger charge is 1.92. The molecule has 5 heteroatoms. The molecule has 1 unspecified atom stereocenters. The zero-order chi connectivity index (χ0) is 5.70. The fourth-order valence-electron chi connectivity index (χ4n) is 0.282. The molecular weight excluding hydrogens is 252 g/mol. The van der Waals surface area contributed by atoms with Crippen LogP contribution >= 0.6 is 34.0 Å². The zero-order valence-electron chi connectivity index (χ0n) is 5.37. The van der Waals surface area contributed by atoms with E-state index in [9.17, 15) is 0 Å². The lowest BCUT2D eigenvalue weighted by atomic mass is 10.6. The predicted molar refractivity (Wildman–Crippen MR) is 49.3 cm³/mol. The molecule has 0 saturated heterocycles. The molecule has 0 bridgehead atoms. The third kappa shape index (κ3) is 12.1. The maximum atomic E-state index is 5.24. The van der Waals surface area contributed by atoms with E-state index in [4.69, 9.17) is 16.2 Å². The first-order chi connectivity index (χ1) is 3.31.